The van der Waals surface area contributed by atoms with Gasteiger partial charge in [-0.25, -0.2) is 0 Å². The lowest BCUT2D eigenvalue weighted by atomic mass is 9.64. The first-order valence-corrected chi connectivity index (χ1v) is 16.7. The van der Waals surface area contributed by atoms with Gasteiger partial charge in [-0.15, -0.1) is 0 Å². The molecule has 2 saturated heterocycles. The highest BCUT2D eigenvalue weighted by Gasteiger charge is 2.49. The van der Waals surface area contributed by atoms with Crippen LogP contribution in [0.15, 0.2) is 84.0 Å². The third kappa shape index (κ3) is 8.25. The van der Waals surface area contributed by atoms with E-state index in [0.29, 0.717) is 70.4 Å². The summed E-state index contributed by atoms with van der Waals surface area (Å²) in [7, 11) is 1.96. The molecule has 0 radical (unpaired) electrons. The van der Waals surface area contributed by atoms with Crippen molar-refractivity contribution in [2.45, 2.75) is 24.7 Å². The highest BCUT2D eigenvalue weighted by atomic mass is 16.5. The van der Waals surface area contributed by atoms with Gasteiger partial charge in [-0.1, -0.05) is 72.8 Å². The summed E-state index contributed by atoms with van der Waals surface area (Å²) in [6.07, 6.45) is 6.25. The van der Waals surface area contributed by atoms with Crippen LogP contribution in [0.2, 0.25) is 0 Å². The van der Waals surface area contributed by atoms with E-state index in [1.54, 1.807) is 0 Å². The maximum absolute atomic E-state index is 13.2. The molecule has 3 aliphatic rings. The van der Waals surface area contributed by atoms with Crippen molar-refractivity contribution < 1.29 is 28.6 Å². The second-order valence-electron chi connectivity index (χ2n) is 12.4. The van der Waals surface area contributed by atoms with Crippen molar-refractivity contribution >= 4 is 17.7 Å². The van der Waals surface area contributed by atoms with Gasteiger partial charge in [-0.05, 0) is 49.9 Å². The lowest BCUT2D eigenvalue weighted by molar-refractivity contribution is -0.136. The first-order valence-electron chi connectivity index (χ1n) is 16.7. The summed E-state index contributed by atoms with van der Waals surface area (Å²) >= 11 is 0. The molecule has 3 amide bonds. The van der Waals surface area contributed by atoms with Gasteiger partial charge < -0.3 is 29.7 Å². The van der Waals surface area contributed by atoms with Gasteiger partial charge in [0.1, 0.15) is 5.41 Å². The summed E-state index contributed by atoms with van der Waals surface area (Å²) < 4.78 is 17.2. The van der Waals surface area contributed by atoms with E-state index in [4.69, 9.17) is 19.9 Å². The number of nitrogens with zero attached hydrogens (tertiary/aromatic N) is 3. The van der Waals surface area contributed by atoms with Gasteiger partial charge in [0.25, 0.3) is 11.8 Å². The summed E-state index contributed by atoms with van der Waals surface area (Å²) in [6.45, 7) is 7.18. The molecule has 2 N–H and O–H groups in total. The normalized spacial score (nSPS) is 18.5. The number of hydrogen-bond donors (Lipinski definition) is 1. The number of allylic oxidation sites excluding steroid dienone is 2. The Morgan fingerprint density at radius 1 is 0.787 bits per heavy atom. The molecule has 1 atom stereocenters. The quantitative estimate of drug-likeness (QED) is 0.184. The molecule has 2 aliphatic heterocycles. The molecule has 2 aromatic carbocycles. The van der Waals surface area contributed by atoms with Crippen LogP contribution in [0.4, 0.5) is 0 Å². The lowest BCUT2D eigenvalue weighted by Crippen LogP contribution is -2.49. The molecule has 252 valence electrons. The predicted molar refractivity (Wildman–Crippen MR) is 179 cm³/mol. The number of nitrogens with two attached hydrogens (primary N) is 1. The number of hydrogen-bond acceptors (Lipinski definition) is 8. The molecule has 1 unspecified atom stereocenters. The zero-order valence-corrected chi connectivity index (χ0v) is 27.5. The monoisotopic (exact) mass is 644 g/mol. The number of amides is 3. The Morgan fingerprint density at radius 2 is 1.32 bits per heavy atom. The lowest BCUT2D eigenvalue weighted by Gasteiger charge is -2.37. The number of rotatable bonds is 19. The van der Waals surface area contributed by atoms with Gasteiger partial charge in [-0.2, -0.15) is 0 Å². The molecule has 1 aliphatic carbocycles. The SMILES string of the molecule is CN(CCOCCOCCOCCN1CCC(C(C(N)=O)(c2ccccc2)c2ccccc2)C1)CCN1C(=O)C2=CCCC=C2C1=O. The largest absolute Gasteiger partial charge is 0.378 e. The van der Waals surface area contributed by atoms with E-state index in [-0.39, 0.29) is 23.6 Å². The first kappa shape index (κ1) is 34.7. The van der Waals surface area contributed by atoms with Crippen LogP contribution in [0.3, 0.4) is 0 Å². The van der Waals surface area contributed by atoms with E-state index in [1.165, 1.54) is 4.90 Å². The van der Waals surface area contributed by atoms with E-state index in [0.717, 1.165) is 50.0 Å². The van der Waals surface area contributed by atoms with Crippen LogP contribution in [0, 0.1) is 5.92 Å². The molecule has 2 fully saturated rings. The zero-order valence-electron chi connectivity index (χ0n) is 27.5. The molecule has 0 spiro atoms. The standard InChI is InChI=1S/C37H48N4O6/c1-39(18-19-41-34(42)32-14-8-9-15-33(32)35(41)43)20-22-45-24-26-47-27-25-46-23-21-40-17-16-31(28-40)37(36(38)44,29-10-4-2-5-11-29)30-12-6-3-7-13-30/h2-7,10-15,31H,8-9,16-28H2,1H3,(H2,38,44). The molecular weight excluding hydrogens is 596 g/mol. The maximum atomic E-state index is 13.2. The Kier molecular flexibility index (Phi) is 12.5. The zero-order chi connectivity index (χ0) is 33.1. The second-order valence-corrected chi connectivity index (χ2v) is 12.4. The summed E-state index contributed by atoms with van der Waals surface area (Å²) in [5.41, 5.74) is 8.34. The fraction of sp³-hybridized carbons (Fsp3) is 0.486. The van der Waals surface area contributed by atoms with Crippen LogP contribution < -0.4 is 5.73 Å². The van der Waals surface area contributed by atoms with Gasteiger partial charge in [0, 0.05) is 43.9 Å². The van der Waals surface area contributed by atoms with Crippen LogP contribution >= 0.6 is 0 Å². The van der Waals surface area contributed by atoms with Crippen molar-refractivity contribution in [1.29, 1.82) is 0 Å². The summed E-state index contributed by atoms with van der Waals surface area (Å²) in [6, 6.07) is 19.9. The summed E-state index contributed by atoms with van der Waals surface area (Å²) in [5.74, 6) is -0.602. The van der Waals surface area contributed by atoms with Crippen LogP contribution in [-0.2, 0) is 34.0 Å². The Balaban J connectivity index is 0.923. The Labute approximate surface area is 278 Å². The molecule has 0 aromatic heterocycles. The minimum absolute atomic E-state index is 0.0616. The molecule has 2 heterocycles. The number of likely N-dealkylation sites (N-methyl/N-ethyl adjacent to an activating group) is 1. The molecule has 47 heavy (non-hydrogen) atoms. The number of carbonyl (C=O) groups excluding carboxylic acids is 3. The number of ether oxygens (including phenoxy) is 3. The fourth-order valence-corrected chi connectivity index (χ4v) is 6.92. The average Bonchev–Trinajstić information content (AvgIpc) is 3.66. The topological polar surface area (TPSA) is 115 Å². The average molecular weight is 645 g/mol. The molecule has 2 aromatic rings. The number of primary amides is 1. The summed E-state index contributed by atoms with van der Waals surface area (Å²) in [5, 5.41) is 0. The van der Waals surface area contributed by atoms with Crippen molar-refractivity contribution in [1.82, 2.24) is 14.7 Å². The van der Waals surface area contributed by atoms with Crippen LogP contribution in [-0.4, -0.2) is 118 Å². The van der Waals surface area contributed by atoms with Crippen molar-refractivity contribution in [3.8, 4) is 0 Å². The van der Waals surface area contributed by atoms with Gasteiger partial charge in [0.2, 0.25) is 5.91 Å². The number of likely N-dealkylation sites (tertiary alicyclic amines) is 2. The van der Waals surface area contributed by atoms with E-state index >= 15 is 0 Å². The summed E-state index contributed by atoms with van der Waals surface area (Å²) in [4.78, 5) is 44.1. The molecule has 5 rings (SSSR count). The van der Waals surface area contributed by atoms with E-state index in [1.807, 2.05) is 79.9 Å². The molecular formula is C37H48N4O6. The van der Waals surface area contributed by atoms with Gasteiger partial charge >= 0.3 is 0 Å². The third-order valence-electron chi connectivity index (χ3n) is 9.46. The van der Waals surface area contributed by atoms with Crippen LogP contribution in [0.5, 0.6) is 0 Å². The van der Waals surface area contributed by atoms with Crippen molar-refractivity contribution in [3.63, 3.8) is 0 Å². The Bertz CT molecular complexity index is 1340. The van der Waals surface area contributed by atoms with Gasteiger partial charge in [0.15, 0.2) is 0 Å². The molecule has 10 heteroatoms. The highest BCUT2D eigenvalue weighted by molar-refractivity contribution is 6.24. The number of benzene rings is 2. The fourth-order valence-electron chi connectivity index (χ4n) is 6.92. The predicted octanol–water partition coefficient (Wildman–Crippen LogP) is 2.78. The van der Waals surface area contributed by atoms with Crippen molar-refractivity contribution in [3.05, 3.63) is 95.1 Å². The molecule has 10 nitrogen and oxygen atoms in total. The number of fused-ring (bicyclic) bond motifs is 1. The van der Waals surface area contributed by atoms with Crippen LogP contribution in [0.25, 0.3) is 0 Å². The minimum atomic E-state index is -0.882. The van der Waals surface area contributed by atoms with Gasteiger partial charge in [0.05, 0.1) is 39.6 Å². The third-order valence-corrected chi connectivity index (χ3v) is 9.46. The first-order chi connectivity index (χ1) is 22.9. The van der Waals surface area contributed by atoms with Crippen LogP contribution in [0.1, 0.15) is 30.4 Å². The van der Waals surface area contributed by atoms with Crippen molar-refractivity contribution in [2.24, 2.45) is 11.7 Å². The Hall–Kier alpha value is -3.67. The second kappa shape index (κ2) is 16.9. The minimum Gasteiger partial charge on any atom is -0.378 e. The van der Waals surface area contributed by atoms with Crippen molar-refractivity contribution in [2.75, 3.05) is 86.0 Å². The smallest absolute Gasteiger partial charge is 0.261 e. The number of imide groups is 1. The highest BCUT2D eigenvalue weighted by Crippen LogP contribution is 2.43. The number of carbonyl (C=O) groups is 3. The van der Waals surface area contributed by atoms with E-state index in [9.17, 15) is 14.4 Å². The Morgan fingerprint density at radius 3 is 1.87 bits per heavy atom. The van der Waals surface area contributed by atoms with E-state index in [2.05, 4.69) is 9.80 Å². The molecule has 0 saturated carbocycles. The molecule has 0 bridgehead atoms. The maximum Gasteiger partial charge on any atom is 0.261 e. The van der Waals surface area contributed by atoms with E-state index < -0.39 is 5.41 Å². The van der Waals surface area contributed by atoms with Gasteiger partial charge in [-0.3, -0.25) is 19.3 Å².